The number of amides is 2. The van der Waals surface area contributed by atoms with Gasteiger partial charge in [-0.3, -0.25) is 9.59 Å². The third-order valence-electron chi connectivity index (χ3n) is 3.70. The summed E-state index contributed by atoms with van der Waals surface area (Å²) in [5, 5.41) is 5.58. The van der Waals surface area contributed by atoms with Crippen LogP contribution in [-0.2, 0) is 9.53 Å². The number of aromatic nitrogens is 1. The lowest BCUT2D eigenvalue weighted by molar-refractivity contribution is -0.124. The molecule has 1 saturated heterocycles. The van der Waals surface area contributed by atoms with Gasteiger partial charge in [-0.25, -0.2) is 0 Å². The number of pyridine rings is 1. The number of anilines is 2. The van der Waals surface area contributed by atoms with Crippen molar-refractivity contribution in [3.05, 3.63) is 52.8 Å². The number of hydrogen-bond donors (Lipinski definition) is 3. The second-order valence-corrected chi connectivity index (χ2v) is 5.84. The Balaban J connectivity index is 1.62. The molecule has 0 spiro atoms. The quantitative estimate of drug-likeness (QED) is 0.745. The Morgan fingerprint density at radius 3 is 2.46 bits per heavy atom. The monoisotopic (exact) mass is 343 g/mol. The molecule has 1 atom stereocenters. The third kappa shape index (κ3) is 3.87. The average Bonchev–Trinajstić information content (AvgIpc) is 3.11. The fourth-order valence-corrected chi connectivity index (χ4v) is 2.67. The van der Waals surface area contributed by atoms with Crippen molar-refractivity contribution in [2.24, 2.45) is 0 Å². The zero-order chi connectivity index (χ0) is 16.9. The summed E-state index contributed by atoms with van der Waals surface area (Å²) in [5.74, 6) is -0.423. The standard InChI is InChI=1S/C17H17N3O3S/c21-15(13-3-1-9-18-17(13)24)19-11-5-7-12(8-6-11)20-16(22)14-4-2-10-23-14/h1,3,5-9,14H,2,4,10H2,(H,18,24)(H,19,21)(H,20,22)/t14-/m0/s1. The van der Waals surface area contributed by atoms with Crippen molar-refractivity contribution in [2.75, 3.05) is 17.2 Å². The maximum atomic E-state index is 12.2. The SMILES string of the molecule is O=C(Nc1ccc(NC(=O)[C@@H]2CCCO2)cc1)c1ccc[nH]c1=S. The molecule has 24 heavy (non-hydrogen) atoms. The Morgan fingerprint density at radius 1 is 1.12 bits per heavy atom. The summed E-state index contributed by atoms with van der Waals surface area (Å²) in [7, 11) is 0. The van der Waals surface area contributed by atoms with E-state index in [1.54, 1.807) is 42.6 Å². The molecule has 0 radical (unpaired) electrons. The minimum absolute atomic E-state index is 0.139. The Labute approximate surface area is 144 Å². The van der Waals surface area contributed by atoms with E-state index in [1.807, 2.05) is 0 Å². The maximum Gasteiger partial charge on any atom is 0.258 e. The predicted octanol–water partition coefficient (Wildman–Crippen LogP) is 3.11. The molecule has 1 aromatic heterocycles. The van der Waals surface area contributed by atoms with Gasteiger partial charge in [-0.2, -0.15) is 0 Å². The minimum Gasteiger partial charge on any atom is -0.368 e. The largest absolute Gasteiger partial charge is 0.368 e. The lowest BCUT2D eigenvalue weighted by Crippen LogP contribution is -2.26. The molecule has 124 valence electrons. The van der Waals surface area contributed by atoms with Crippen LogP contribution in [0.3, 0.4) is 0 Å². The fourth-order valence-electron chi connectivity index (χ4n) is 2.44. The number of benzene rings is 1. The zero-order valence-electron chi connectivity index (χ0n) is 12.9. The highest BCUT2D eigenvalue weighted by molar-refractivity contribution is 7.71. The van der Waals surface area contributed by atoms with Crippen LogP contribution >= 0.6 is 12.2 Å². The first kappa shape index (κ1) is 16.4. The molecule has 3 N–H and O–H groups in total. The molecule has 0 bridgehead atoms. The highest BCUT2D eigenvalue weighted by Gasteiger charge is 2.23. The van der Waals surface area contributed by atoms with Gasteiger partial charge < -0.3 is 20.4 Å². The van der Waals surface area contributed by atoms with E-state index >= 15 is 0 Å². The van der Waals surface area contributed by atoms with E-state index in [-0.39, 0.29) is 17.9 Å². The van der Waals surface area contributed by atoms with E-state index in [2.05, 4.69) is 15.6 Å². The lowest BCUT2D eigenvalue weighted by Gasteiger charge is -2.11. The number of carbonyl (C=O) groups excluding carboxylic acids is 2. The summed E-state index contributed by atoms with van der Waals surface area (Å²) >= 11 is 5.09. The predicted molar refractivity (Wildman–Crippen MR) is 93.6 cm³/mol. The molecule has 2 aromatic rings. The first-order chi connectivity index (χ1) is 11.6. The zero-order valence-corrected chi connectivity index (χ0v) is 13.7. The van der Waals surface area contributed by atoms with Gasteiger partial charge in [0, 0.05) is 24.2 Å². The molecule has 2 amide bonds. The Kier molecular flexibility index (Phi) is 5.02. The van der Waals surface area contributed by atoms with Crippen LogP contribution < -0.4 is 10.6 Å². The molecule has 3 rings (SSSR count). The highest BCUT2D eigenvalue weighted by atomic mass is 32.1. The van der Waals surface area contributed by atoms with Gasteiger partial charge >= 0.3 is 0 Å². The second-order valence-electron chi connectivity index (χ2n) is 5.44. The summed E-state index contributed by atoms with van der Waals surface area (Å²) in [6, 6.07) is 10.3. The summed E-state index contributed by atoms with van der Waals surface area (Å²) in [5.41, 5.74) is 1.68. The van der Waals surface area contributed by atoms with Crippen LogP contribution in [-0.4, -0.2) is 29.5 Å². The van der Waals surface area contributed by atoms with Gasteiger partial charge in [-0.1, -0.05) is 12.2 Å². The Morgan fingerprint density at radius 2 is 1.83 bits per heavy atom. The summed E-state index contributed by atoms with van der Waals surface area (Å²) < 4.78 is 5.73. The summed E-state index contributed by atoms with van der Waals surface area (Å²) in [6.07, 6.45) is 2.96. The number of H-pyrrole nitrogens is 1. The topological polar surface area (TPSA) is 83.2 Å². The van der Waals surface area contributed by atoms with Gasteiger partial charge in [0.05, 0.1) is 5.56 Å². The van der Waals surface area contributed by atoms with E-state index in [9.17, 15) is 9.59 Å². The van der Waals surface area contributed by atoms with Crippen LogP contribution in [0.4, 0.5) is 11.4 Å². The number of carbonyl (C=O) groups is 2. The maximum absolute atomic E-state index is 12.2. The van der Waals surface area contributed by atoms with Crippen molar-refractivity contribution in [3.8, 4) is 0 Å². The van der Waals surface area contributed by atoms with E-state index in [1.165, 1.54) is 0 Å². The van der Waals surface area contributed by atoms with Gasteiger partial charge in [0.25, 0.3) is 11.8 Å². The molecule has 2 heterocycles. The van der Waals surface area contributed by atoms with Gasteiger partial charge in [0.1, 0.15) is 10.7 Å². The number of ether oxygens (including phenoxy) is 1. The van der Waals surface area contributed by atoms with Crippen molar-refractivity contribution < 1.29 is 14.3 Å². The highest BCUT2D eigenvalue weighted by Crippen LogP contribution is 2.18. The van der Waals surface area contributed by atoms with E-state index in [0.29, 0.717) is 28.2 Å². The Hall–Kier alpha value is -2.51. The number of hydrogen-bond acceptors (Lipinski definition) is 4. The minimum atomic E-state index is -0.371. The molecule has 0 saturated carbocycles. The van der Waals surface area contributed by atoms with E-state index in [0.717, 1.165) is 12.8 Å². The van der Waals surface area contributed by atoms with Crippen LogP contribution in [0.25, 0.3) is 0 Å². The molecular weight excluding hydrogens is 326 g/mol. The van der Waals surface area contributed by atoms with Gasteiger partial charge in [0.15, 0.2) is 0 Å². The second kappa shape index (κ2) is 7.37. The first-order valence-electron chi connectivity index (χ1n) is 7.65. The van der Waals surface area contributed by atoms with E-state index < -0.39 is 0 Å². The summed E-state index contributed by atoms with van der Waals surface area (Å²) in [4.78, 5) is 27.0. The van der Waals surface area contributed by atoms with Gasteiger partial charge in [-0.05, 0) is 49.2 Å². The number of rotatable bonds is 4. The number of nitrogens with one attached hydrogen (secondary N) is 3. The summed E-state index contributed by atoms with van der Waals surface area (Å²) in [6.45, 7) is 0.630. The van der Waals surface area contributed by atoms with Crippen LogP contribution in [0.1, 0.15) is 23.2 Å². The van der Waals surface area contributed by atoms with Crippen molar-refractivity contribution in [2.45, 2.75) is 18.9 Å². The van der Waals surface area contributed by atoms with Crippen molar-refractivity contribution in [1.82, 2.24) is 4.98 Å². The van der Waals surface area contributed by atoms with Crippen molar-refractivity contribution in [1.29, 1.82) is 0 Å². The number of aromatic amines is 1. The lowest BCUT2D eigenvalue weighted by atomic mass is 10.2. The van der Waals surface area contributed by atoms with Crippen LogP contribution in [0.15, 0.2) is 42.6 Å². The molecule has 7 heteroatoms. The molecular formula is C17H17N3O3S. The van der Waals surface area contributed by atoms with Gasteiger partial charge in [-0.15, -0.1) is 0 Å². The van der Waals surface area contributed by atoms with E-state index in [4.69, 9.17) is 17.0 Å². The average molecular weight is 343 g/mol. The Bertz CT molecular complexity index is 795. The fraction of sp³-hybridized carbons (Fsp3) is 0.235. The van der Waals surface area contributed by atoms with Crippen molar-refractivity contribution in [3.63, 3.8) is 0 Å². The van der Waals surface area contributed by atoms with Crippen LogP contribution in [0.5, 0.6) is 0 Å². The van der Waals surface area contributed by atoms with Crippen molar-refractivity contribution >= 4 is 35.4 Å². The van der Waals surface area contributed by atoms with Gasteiger partial charge in [0.2, 0.25) is 0 Å². The molecule has 0 unspecified atom stereocenters. The van der Waals surface area contributed by atoms with Crippen LogP contribution in [0, 0.1) is 4.64 Å². The normalized spacial score (nSPS) is 16.6. The molecule has 1 aliphatic heterocycles. The first-order valence-corrected chi connectivity index (χ1v) is 8.06. The molecule has 0 aliphatic carbocycles. The smallest absolute Gasteiger partial charge is 0.258 e. The molecule has 1 fully saturated rings. The molecule has 1 aromatic carbocycles. The van der Waals surface area contributed by atoms with Crippen LogP contribution in [0.2, 0.25) is 0 Å². The molecule has 1 aliphatic rings. The third-order valence-corrected chi connectivity index (χ3v) is 4.03. The molecule has 6 nitrogen and oxygen atoms in total.